The van der Waals surface area contributed by atoms with Crippen LogP contribution in [0.1, 0.15) is 19.4 Å². The summed E-state index contributed by atoms with van der Waals surface area (Å²) in [4.78, 5) is 8.33. The maximum absolute atomic E-state index is 14.2. The standard InChI is InChI=1S/C23H23FN2O/c1-5-16(18(7-3)15-25-4)12-17(6-2)19-10-11-26-23(13-19)21-14-20(27)8-9-22(21)24/h5-15,27H,1H2,2-4H3/b16-12+,17-6+,18-7+,25-15?. The van der Waals surface area contributed by atoms with Crippen LogP contribution in [0.3, 0.4) is 0 Å². The summed E-state index contributed by atoms with van der Waals surface area (Å²) < 4.78 is 14.2. The minimum Gasteiger partial charge on any atom is -0.508 e. The van der Waals surface area contributed by atoms with E-state index >= 15 is 0 Å². The van der Waals surface area contributed by atoms with E-state index in [1.165, 1.54) is 18.2 Å². The molecule has 1 N–H and O–H groups in total. The van der Waals surface area contributed by atoms with Crippen molar-refractivity contribution in [1.82, 2.24) is 4.98 Å². The molecule has 0 aliphatic carbocycles. The third-order valence-electron chi connectivity index (χ3n) is 4.07. The predicted octanol–water partition coefficient (Wildman–Crippen LogP) is 5.76. The zero-order valence-corrected chi connectivity index (χ0v) is 15.8. The Morgan fingerprint density at radius 1 is 1.15 bits per heavy atom. The number of aromatic hydroxyl groups is 1. The van der Waals surface area contributed by atoms with Crippen molar-refractivity contribution in [1.29, 1.82) is 0 Å². The molecule has 138 valence electrons. The fourth-order valence-electron chi connectivity index (χ4n) is 2.68. The second kappa shape index (κ2) is 9.43. The summed E-state index contributed by atoms with van der Waals surface area (Å²) in [5.41, 5.74) is 4.42. The number of aromatic nitrogens is 1. The first-order valence-electron chi connectivity index (χ1n) is 8.58. The Bertz CT molecular complexity index is 953. The van der Waals surface area contributed by atoms with E-state index in [-0.39, 0.29) is 11.3 Å². The average molecular weight is 362 g/mol. The number of rotatable bonds is 6. The number of halogens is 1. The first-order chi connectivity index (χ1) is 13.0. The summed E-state index contributed by atoms with van der Waals surface area (Å²) in [6.07, 6.45) is 11.1. The van der Waals surface area contributed by atoms with Crippen LogP contribution in [0.25, 0.3) is 16.8 Å². The van der Waals surface area contributed by atoms with Gasteiger partial charge in [0.05, 0.1) is 5.69 Å². The molecule has 27 heavy (non-hydrogen) atoms. The highest BCUT2D eigenvalue weighted by Gasteiger charge is 2.10. The van der Waals surface area contributed by atoms with Gasteiger partial charge in [-0.3, -0.25) is 9.98 Å². The number of phenolic OH excluding ortho intramolecular Hbond substituents is 1. The van der Waals surface area contributed by atoms with Gasteiger partial charge in [0, 0.05) is 25.0 Å². The smallest absolute Gasteiger partial charge is 0.132 e. The van der Waals surface area contributed by atoms with Gasteiger partial charge < -0.3 is 5.11 Å². The highest BCUT2D eigenvalue weighted by atomic mass is 19.1. The number of pyridine rings is 1. The molecule has 0 atom stereocenters. The predicted molar refractivity (Wildman–Crippen MR) is 111 cm³/mol. The highest BCUT2D eigenvalue weighted by molar-refractivity contribution is 5.88. The molecule has 4 heteroatoms. The SMILES string of the molecule is C=CC(=C\C(=C/C)c1ccnc(-c2cc(O)ccc2F)c1)/C(C=NC)=C/C. The first-order valence-corrected chi connectivity index (χ1v) is 8.58. The van der Waals surface area contributed by atoms with Crippen molar-refractivity contribution in [2.45, 2.75) is 13.8 Å². The van der Waals surface area contributed by atoms with Crippen LogP contribution in [0, 0.1) is 5.82 Å². The van der Waals surface area contributed by atoms with Crippen LogP contribution in [0.15, 0.2) is 83.6 Å². The topological polar surface area (TPSA) is 45.5 Å². The van der Waals surface area contributed by atoms with E-state index in [0.717, 1.165) is 22.3 Å². The van der Waals surface area contributed by atoms with Crippen molar-refractivity contribution in [2.75, 3.05) is 7.05 Å². The van der Waals surface area contributed by atoms with Gasteiger partial charge in [-0.2, -0.15) is 0 Å². The van der Waals surface area contributed by atoms with Crippen LogP contribution in [0.4, 0.5) is 4.39 Å². The number of nitrogens with zero attached hydrogens (tertiary/aromatic N) is 2. The summed E-state index contributed by atoms with van der Waals surface area (Å²) in [7, 11) is 1.72. The molecule has 0 unspecified atom stereocenters. The van der Waals surface area contributed by atoms with Crippen molar-refractivity contribution in [3.63, 3.8) is 0 Å². The Kier molecular flexibility index (Phi) is 7.00. The van der Waals surface area contributed by atoms with E-state index < -0.39 is 5.82 Å². The lowest BCUT2D eigenvalue weighted by atomic mass is 9.98. The van der Waals surface area contributed by atoms with E-state index in [1.54, 1.807) is 31.6 Å². The molecule has 0 spiro atoms. The zero-order valence-electron chi connectivity index (χ0n) is 15.8. The van der Waals surface area contributed by atoms with Crippen LogP contribution in [-0.4, -0.2) is 23.4 Å². The molecular weight excluding hydrogens is 339 g/mol. The lowest BCUT2D eigenvalue weighted by molar-refractivity contribution is 0.473. The number of allylic oxidation sites excluding steroid dienone is 7. The molecule has 3 nitrogen and oxygen atoms in total. The zero-order chi connectivity index (χ0) is 19.8. The second-order valence-corrected chi connectivity index (χ2v) is 5.77. The molecule has 2 aromatic rings. The summed E-state index contributed by atoms with van der Waals surface area (Å²) in [5, 5.41) is 9.67. The van der Waals surface area contributed by atoms with Crippen LogP contribution < -0.4 is 0 Å². The molecule has 0 aliphatic rings. The van der Waals surface area contributed by atoms with Crippen LogP contribution in [0.2, 0.25) is 0 Å². The molecule has 1 heterocycles. The molecule has 1 aromatic carbocycles. The summed E-state index contributed by atoms with van der Waals surface area (Å²) in [5.74, 6) is -0.438. The van der Waals surface area contributed by atoms with Crippen LogP contribution >= 0.6 is 0 Å². The van der Waals surface area contributed by atoms with Crippen molar-refractivity contribution < 1.29 is 9.50 Å². The highest BCUT2D eigenvalue weighted by Crippen LogP contribution is 2.28. The number of aliphatic imine (C=N–C) groups is 1. The Hall–Kier alpha value is -3.27. The molecule has 1 aromatic heterocycles. The second-order valence-electron chi connectivity index (χ2n) is 5.77. The fraction of sp³-hybridized carbons (Fsp3) is 0.130. The van der Waals surface area contributed by atoms with Gasteiger partial charge in [-0.05, 0) is 72.5 Å². The Balaban J connectivity index is 2.52. The Labute approximate surface area is 159 Å². The maximum atomic E-state index is 14.2. The summed E-state index contributed by atoms with van der Waals surface area (Å²) >= 11 is 0. The van der Waals surface area contributed by atoms with E-state index in [0.29, 0.717) is 5.69 Å². The molecule has 0 bridgehead atoms. The first kappa shape index (κ1) is 20.0. The van der Waals surface area contributed by atoms with Crippen molar-refractivity contribution in [3.05, 3.63) is 89.9 Å². The van der Waals surface area contributed by atoms with Gasteiger partial charge in [-0.15, -0.1) is 0 Å². The van der Waals surface area contributed by atoms with Gasteiger partial charge in [0.25, 0.3) is 0 Å². The van der Waals surface area contributed by atoms with Gasteiger partial charge in [-0.25, -0.2) is 4.39 Å². The lowest BCUT2D eigenvalue weighted by Crippen LogP contribution is -1.93. The third kappa shape index (κ3) is 4.88. The average Bonchev–Trinajstić information content (AvgIpc) is 2.69. The van der Waals surface area contributed by atoms with Gasteiger partial charge in [-0.1, -0.05) is 24.8 Å². The molecule has 0 amide bonds. The minimum absolute atomic E-state index is 0.00437. The Morgan fingerprint density at radius 2 is 1.93 bits per heavy atom. The number of hydrogen-bond donors (Lipinski definition) is 1. The molecule has 0 fully saturated rings. The normalized spacial score (nSPS) is 13.3. The maximum Gasteiger partial charge on any atom is 0.132 e. The molecule has 0 saturated carbocycles. The Morgan fingerprint density at radius 3 is 2.56 bits per heavy atom. The van der Waals surface area contributed by atoms with E-state index in [2.05, 4.69) is 16.6 Å². The van der Waals surface area contributed by atoms with Crippen molar-refractivity contribution >= 4 is 11.8 Å². The fourth-order valence-corrected chi connectivity index (χ4v) is 2.68. The number of benzene rings is 1. The molecule has 2 rings (SSSR count). The van der Waals surface area contributed by atoms with Gasteiger partial charge in [0.1, 0.15) is 11.6 Å². The largest absolute Gasteiger partial charge is 0.508 e. The van der Waals surface area contributed by atoms with E-state index in [4.69, 9.17) is 0 Å². The van der Waals surface area contributed by atoms with E-state index in [9.17, 15) is 9.50 Å². The number of hydrogen-bond acceptors (Lipinski definition) is 3. The van der Waals surface area contributed by atoms with Gasteiger partial charge in [0.2, 0.25) is 0 Å². The van der Waals surface area contributed by atoms with Crippen LogP contribution in [0.5, 0.6) is 5.75 Å². The third-order valence-corrected chi connectivity index (χ3v) is 4.07. The molecule has 0 radical (unpaired) electrons. The summed E-state index contributed by atoms with van der Waals surface area (Å²) in [6, 6.07) is 7.58. The molecule has 0 aliphatic heterocycles. The van der Waals surface area contributed by atoms with Gasteiger partial charge in [0.15, 0.2) is 0 Å². The monoisotopic (exact) mass is 362 g/mol. The van der Waals surface area contributed by atoms with Crippen molar-refractivity contribution in [3.8, 4) is 17.0 Å². The quantitative estimate of drug-likeness (QED) is 0.525. The minimum atomic E-state index is -0.433. The lowest BCUT2D eigenvalue weighted by Gasteiger charge is -2.09. The molecule has 0 saturated heterocycles. The van der Waals surface area contributed by atoms with Crippen molar-refractivity contribution in [2.24, 2.45) is 4.99 Å². The van der Waals surface area contributed by atoms with E-state index in [1.807, 2.05) is 38.1 Å². The van der Waals surface area contributed by atoms with Gasteiger partial charge >= 0.3 is 0 Å². The molecular formula is C23H23FN2O. The van der Waals surface area contributed by atoms with Crippen LogP contribution in [-0.2, 0) is 0 Å². The number of phenols is 1. The summed E-state index contributed by atoms with van der Waals surface area (Å²) in [6.45, 7) is 7.77.